The van der Waals surface area contributed by atoms with E-state index < -0.39 is 11.9 Å². The van der Waals surface area contributed by atoms with Gasteiger partial charge in [0.2, 0.25) is 0 Å². The van der Waals surface area contributed by atoms with E-state index in [0.29, 0.717) is 5.69 Å². The summed E-state index contributed by atoms with van der Waals surface area (Å²) in [5.41, 5.74) is 0.510. The molecule has 0 aliphatic heterocycles. The van der Waals surface area contributed by atoms with Crippen molar-refractivity contribution < 1.29 is 14.7 Å². The number of halogens is 1. The number of carbonyl (C=O) groups excluding carboxylic acids is 1. The number of carboxylic acids is 1. The van der Waals surface area contributed by atoms with Crippen molar-refractivity contribution in [2.75, 3.05) is 5.32 Å². The molecular formula is C8H6INO3. The summed E-state index contributed by atoms with van der Waals surface area (Å²) in [7, 11) is 0. The second-order valence-corrected chi connectivity index (χ2v) is 3.40. The zero-order valence-electron chi connectivity index (χ0n) is 6.45. The van der Waals surface area contributed by atoms with Crippen LogP contribution in [0.1, 0.15) is 0 Å². The molecule has 1 aromatic rings. The van der Waals surface area contributed by atoms with E-state index in [2.05, 4.69) is 5.32 Å². The van der Waals surface area contributed by atoms with Crippen molar-refractivity contribution in [3.05, 3.63) is 27.8 Å². The molecule has 0 fully saturated rings. The molecule has 0 saturated carbocycles. The lowest BCUT2D eigenvalue weighted by Crippen LogP contribution is -2.22. The van der Waals surface area contributed by atoms with E-state index >= 15 is 0 Å². The fourth-order valence-corrected chi connectivity index (χ4v) is 1.26. The van der Waals surface area contributed by atoms with Crippen LogP contribution in [0.15, 0.2) is 24.3 Å². The van der Waals surface area contributed by atoms with E-state index in [4.69, 9.17) is 5.11 Å². The first-order valence-electron chi connectivity index (χ1n) is 3.40. The molecular weight excluding hydrogens is 285 g/mol. The number of carboxylic acid groups (broad SMARTS) is 1. The monoisotopic (exact) mass is 291 g/mol. The third-order valence-electron chi connectivity index (χ3n) is 1.32. The van der Waals surface area contributed by atoms with Crippen LogP contribution in [0, 0.1) is 3.57 Å². The summed E-state index contributed by atoms with van der Waals surface area (Å²) in [5, 5.41) is 10.6. The first-order valence-corrected chi connectivity index (χ1v) is 4.48. The van der Waals surface area contributed by atoms with Crippen LogP contribution in [0.5, 0.6) is 0 Å². The van der Waals surface area contributed by atoms with Crippen LogP contribution in [0.4, 0.5) is 5.69 Å². The molecule has 1 amide bonds. The molecule has 0 spiro atoms. The van der Waals surface area contributed by atoms with Crippen LogP contribution < -0.4 is 5.32 Å². The Balaban J connectivity index is 2.81. The van der Waals surface area contributed by atoms with Crippen molar-refractivity contribution in [3.63, 3.8) is 0 Å². The summed E-state index contributed by atoms with van der Waals surface area (Å²) in [6.45, 7) is 0. The molecule has 5 heteroatoms. The Bertz CT molecular complexity index is 351. The Morgan fingerprint density at radius 3 is 2.46 bits per heavy atom. The number of nitrogens with one attached hydrogen (secondary N) is 1. The largest absolute Gasteiger partial charge is 0.474 e. The maximum absolute atomic E-state index is 10.8. The highest BCUT2D eigenvalue weighted by molar-refractivity contribution is 14.1. The van der Waals surface area contributed by atoms with Gasteiger partial charge in [-0.3, -0.25) is 4.79 Å². The van der Waals surface area contributed by atoms with E-state index in [-0.39, 0.29) is 0 Å². The summed E-state index contributed by atoms with van der Waals surface area (Å²) in [4.78, 5) is 21.0. The second-order valence-electron chi connectivity index (χ2n) is 2.24. The van der Waals surface area contributed by atoms with Gasteiger partial charge < -0.3 is 10.4 Å². The number of amides is 1. The van der Waals surface area contributed by atoms with Crippen molar-refractivity contribution in [3.8, 4) is 0 Å². The van der Waals surface area contributed by atoms with Gasteiger partial charge >= 0.3 is 11.9 Å². The van der Waals surface area contributed by atoms with E-state index in [9.17, 15) is 9.59 Å². The van der Waals surface area contributed by atoms with Crippen LogP contribution in [-0.2, 0) is 9.59 Å². The topological polar surface area (TPSA) is 66.4 Å². The number of hydrogen-bond donors (Lipinski definition) is 2. The average Bonchev–Trinajstić information content (AvgIpc) is 2.08. The van der Waals surface area contributed by atoms with Crippen LogP contribution >= 0.6 is 22.6 Å². The smallest absolute Gasteiger partial charge is 0.394 e. The Hall–Kier alpha value is -1.11. The molecule has 2 N–H and O–H groups in total. The first-order chi connectivity index (χ1) is 6.11. The molecule has 0 unspecified atom stereocenters. The van der Waals surface area contributed by atoms with Crippen molar-refractivity contribution in [2.45, 2.75) is 0 Å². The highest BCUT2D eigenvalue weighted by Gasteiger charge is 2.11. The van der Waals surface area contributed by atoms with Gasteiger partial charge in [-0.25, -0.2) is 4.79 Å². The van der Waals surface area contributed by atoms with Gasteiger partial charge in [-0.1, -0.05) is 12.1 Å². The van der Waals surface area contributed by atoms with Gasteiger partial charge in [0, 0.05) is 3.57 Å². The molecule has 68 valence electrons. The number of benzene rings is 1. The SMILES string of the molecule is O=C(O)C(=O)Nc1ccccc1I. The summed E-state index contributed by atoms with van der Waals surface area (Å²) in [6.07, 6.45) is 0. The average molecular weight is 291 g/mol. The van der Waals surface area contributed by atoms with Crippen LogP contribution in [0.2, 0.25) is 0 Å². The maximum atomic E-state index is 10.8. The quantitative estimate of drug-likeness (QED) is 0.605. The molecule has 0 atom stereocenters. The van der Waals surface area contributed by atoms with E-state index in [1.807, 2.05) is 22.6 Å². The van der Waals surface area contributed by atoms with Crippen molar-refractivity contribution in [2.24, 2.45) is 0 Å². The zero-order valence-corrected chi connectivity index (χ0v) is 8.61. The fraction of sp³-hybridized carbons (Fsp3) is 0. The molecule has 1 rings (SSSR count). The first kappa shape index (κ1) is 9.97. The number of para-hydroxylation sites is 1. The minimum absolute atomic E-state index is 0.510. The van der Waals surface area contributed by atoms with Gasteiger partial charge in [-0.2, -0.15) is 0 Å². The second kappa shape index (κ2) is 4.22. The van der Waals surface area contributed by atoms with Crippen molar-refractivity contribution in [1.82, 2.24) is 0 Å². The number of aliphatic carboxylic acids is 1. The van der Waals surface area contributed by atoms with Gasteiger partial charge in [0.05, 0.1) is 5.69 Å². The van der Waals surface area contributed by atoms with Crippen molar-refractivity contribution >= 4 is 40.2 Å². The molecule has 0 aliphatic carbocycles. The molecule has 0 aromatic heterocycles. The fourth-order valence-electron chi connectivity index (χ4n) is 0.738. The van der Waals surface area contributed by atoms with Gasteiger partial charge in [-0.15, -0.1) is 0 Å². The number of rotatable bonds is 1. The van der Waals surface area contributed by atoms with E-state index in [1.165, 1.54) is 0 Å². The van der Waals surface area contributed by atoms with Gasteiger partial charge in [0.1, 0.15) is 0 Å². The number of anilines is 1. The lowest BCUT2D eigenvalue weighted by molar-refractivity contribution is -0.147. The molecule has 13 heavy (non-hydrogen) atoms. The standard InChI is InChI=1S/C8H6INO3/c9-5-3-1-2-4-6(5)10-7(11)8(12)13/h1-4H,(H,10,11)(H,12,13). The van der Waals surface area contributed by atoms with Gasteiger partial charge in [0.25, 0.3) is 0 Å². The van der Waals surface area contributed by atoms with Crippen LogP contribution in [-0.4, -0.2) is 17.0 Å². The zero-order chi connectivity index (χ0) is 9.84. The Morgan fingerprint density at radius 2 is 1.92 bits per heavy atom. The van der Waals surface area contributed by atoms with Crippen LogP contribution in [0.3, 0.4) is 0 Å². The molecule has 0 bridgehead atoms. The lowest BCUT2D eigenvalue weighted by Gasteiger charge is -2.03. The summed E-state index contributed by atoms with van der Waals surface area (Å²) >= 11 is 2.01. The Labute approximate surface area is 88.1 Å². The van der Waals surface area contributed by atoms with Gasteiger partial charge in [-0.05, 0) is 34.7 Å². The molecule has 1 aromatic carbocycles. The molecule has 0 heterocycles. The Morgan fingerprint density at radius 1 is 1.31 bits per heavy atom. The summed E-state index contributed by atoms with van der Waals surface area (Å²) in [6, 6.07) is 6.94. The van der Waals surface area contributed by atoms with Crippen LogP contribution in [0.25, 0.3) is 0 Å². The number of carbonyl (C=O) groups is 2. The lowest BCUT2D eigenvalue weighted by atomic mass is 10.3. The number of hydrogen-bond acceptors (Lipinski definition) is 2. The molecule has 0 saturated heterocycles. The highest BCUT2D eigenvalue weighted by Crippen LogP contribution is 2.16. The maximum Gasteiger partial charge on any atom is 0.394 e. The molecule has 0 aliphatic rings. The minimum atomic E-state index is -1.49. The third-order valence-corrected chi connectivity index (χ3v) is 2.26. The normalized spacial score (nSPS) is 9.31. The minimum Gasteiger partial charge on any atom is -0.474 e. The Kier molecular flexibility index (Phi) is 3.24. The highest BCUT2D eigenvalue weighted by atomic mass is 127. The molecule has 0 radical (unpaired) electrons. The predicted octanol–water partition coefficient (Wildman–Crippen LogP) is 1.31. The van der Waals surface area contributed by atoms with E-state index in [1.54, 1.807) is 24.3 Å². The summed E-state index contributed by atoms with van der Waals surface area (Å²) in [5.74, 6) is -2.51. The predicted molar refractivity (Wildman–Crippen MR) is 55.4 cm³/mol. The van der Waals surface area contributed by atoms with Gasteiger partial charge in [0.15, 0.2) is 0 Å². The third kappa shape index (κ3) is 2.69. The van der Waals surface area contributed by atoms with E-state index in [0.717, 1.165) is 3.57 Å². The molecule has 4 nitrogen and oxygen atoms in total. The summed E-state index contributed by atoms with van der Waals surface area (Å²) < 4.78 is 0.801. The van der Waals surface area contributed by atoms with Crippen molar-refractivity contribution in [1.29, 1.82) is 0 Å².